The van der Waals surface area contributed by atoms with Crippen molar-refractivity contribution in [2.45, 2.75) is 39.5 Å². The van der Waals surface area contributed by atoms with Gasteiger partial charge in [-0.25, -0.2) is 20.4 Å². The first-order valence-corrected chi connectivity index (χ1v) is 7.92. The molecule has 0 aliphatic heterocycles. The molecule has 124 valence electrons. The van der Waals surface area contributed by atoms with Gasteiger partial charge in [-0.05, 0) is 45.9 Å². The van der Waals surface area contributed by atoms with Crippen molar-refractivity contribution in [1.29, 1.82) is 10.8 Å². The van der Waals surface area contributed by atoms with Crippen molar-refractivity contribution in [1.82, 2.24) is 0 Å². The van der Waals surface area contributed by atoms with Crippen LogP contribution in [0.3, 0.4) is 0 Å². The largest absolute Gasteiger partial charge is 0.231 e. The van der Waals surface area contributed by atoms with E-state index in [1.54, 1.807) is 0 Å². The Morgan fingerprint density at radius 1 is 1.04 bits per heavy atom. The van der Waals surface area contributed by atoms with Gasteiger partial charge in [0.05, 0.1) is 0 Å². The summed E-state index contributed by atoms with van der Waals surface area (Å²) in [5.41, 5.74) is 5.92. The standard InChI is InChI=1S/C18H20.2CHNO/c1-4-13-10-15-7-6-8-16-12(3)9-14(5-2)17(11-13)18(15)16;2*2-1-3/h6-12H,4-5H2,1-3H3;2*2H. The van der Waals surface area contributed by atoms with Crippen LogP contribution in [0.4, 0.5) is 0 Å². The molecule has 2 aromatic carbocycles. The number of isocyanates is 2. The Hall–Kier alpha value is -2.80. The molecule has 24 heavy (non-hydrogen) atoms. The molecule has 0 saturated heterocycles. The summed E-state index contributed by atoms with van der Waals surface area (Å²) in [5.74, 6) is 0.545. The predicted molar refractivity (Wildman–Crippen MR) is 96.8 cm³/mol. The van der Waals surface area contributed by atoms with Gasteiger partial charge in [-0.1, -0.05) is 57.2 Å². The second-order valence-electron chi connectivity index (χ2n) is 5.48. The van der Waals surface area contributed by atoms with E-state index in [9.17, 15) is 0 Å². The molecule has 0 bridgehead atoms. The summed E-state index contributed by atoms with van der Waals surface area (Å²) in [6.45, 7) is 6.80. The first-order chi connectivity index (χ1) is 11.6. The topological polar surface area (TPSA) is 81.8 Å². The van der Waals surface area contributed by atoms with Gasteiger partial charge in [-0.15, -0.1) is 0 Å². The lowest BCUT2D eigenvalue weighted by molar-refractivity contribution is 0.562. The van der Waals surface area contributed by atoms with Crippen molar-refractivity contribution in [2.24, 2.45) is 0 Å². The van der Waals surface area contributed by atoms with Gasteiger partial charge in [-0.2, -0.15) is 0 Å². The lowest BCUT2D eigenvalue weighted by Gasteiger charge is -2.23. The van der Waals surface area contributed by atoms with Crippen LogP contribution in [-0.4, -0.2) is 12.2 Å². The van der Waals surface area contributed by atoms with Gasteiger partial charge in [0.2, 0.25) is 12.2 Å². The lowest BCUT2D eigenvalue weighted by atomic mass is 9.81. The minimum Gasteiger partial charge on any atom is -0.222 e. The first-order valence-electron chi connectivity index (χ1n) is 7.92. The number of allylic oxidation sites excluding steroid dienone is 2. The van der Waals surface area contributed by atoms with Gasteiger partial charge in [-0.3, -0.25) is 0 Å². The van der Waals surface area contributed by atoms with Crippen LogP contribution < -0.4 is 0 Å². The summed E-state index contributed by atoms with van der Waals surface area (Å²) in [7, 11) is 0. The minimum atomic E-state index is 0.545. The van der Waals surface area contributed by atoms with Crippen molar-refractivity contribution in [3.8, 4) is 0 Å². The number of aryl methyl sites for hydroxylation is 1. The third kappa shape index (κ3) is 4.14. The van der Waals surface area contributed by atoms with E-state index in [1.165, 1.54) is 33.0 Å². The molecule has 2 aromatic rings. The predicted octanol–water partition coefficient (Wildman–Crippen LogP) is 5.11. The zero-order chi connectivity index (χ0) is 18.1. The van der Waals surface area contributed by atoms with E-state index in [1.807, 2.05) is 0 Å². The highest BCUT2D eigenvalue weighted by Gasteiger charge is 2.18. The molecule has 3 rings (SSSR count). The molecule has 0 spiro atoms. The Labute approximate surface area is 142 Å². The van der Waals surface area contributed by atoms with E-state index >= 15 is 0 Å². The summed E-state index contributed by atoms with van der Waals surface area (Å²) in [4.78, 5) is 16.7. The number of hydrogen-bond donors (Lipinski definition) is 2. The molecule has 1 atom stereocenters. The molecule has 0 saturated carbocycles. The quantitative estimate of drug-likeness (QED) is 0.594. The molecule has 0 heterocycles. The Kier molecular flexibility index (Phi) is 7.51. The number of carbonyl (C=O) groups excluding carboxylic acids is 2. The van der Waals surface area contributed by atoms with E-state index in [2.05, 4.69) is 57.2 Å². The van der Waals surface area contributed by atoms with E-state index in [0.29, 0.717) is 5.92 Å². The van der Waals surface area contributed by atoms with E-state index < -0.39 is 0 Å². The maximum Gasteiger partial charge on any atom is 0.231 e. The molecule has 0 amide bonds. The van der Waals surface area contributed by atoms with Gasteiger partial charge < -0.3 is 0 Å². The second-order valence-corrected chi connectivity index (χ2v) is 5.48. The lowest BCUT2D eigenvalue weighted by Crippen LogP contribution is -2.02. The van der Waals surface area contributed by atoms with Crippen LogP contribution >= 0.6 is 0 Å². The highest BCUT2D eigenvalue weighted by atomic mass is 16.1. The minimum absolute atomic E-state index is 0.545. The zero-order valence-electron chi connectivity index (χ0n) is 14.3. The van der Waals surface area contributed by atoms with Crippen molar-refractivity contribution >= 4 is 28.5 Å². The average molecular weight is 322 g/mol. The third-order valence-electron chi connectivity index (χ3n) is 4.15. The summed E-state index contributed by atoms with van der Waals surface area (Å²) in [5, 5.41) is 13.7. The smallest absolute Gasteiger partial charge is 0.222 e. The van der Waals surface area contributed by atoms with Crippen LogP contribution in [0.1, 0.15) is 49.8 Å². The molecule has 1 aliphatic rings. The van der Waals surface area contributed by atoms with Crippen molar-refractivity contribution < 1.29 is 9.59 Å². The number of benzene rings is 2. The summed E-state index contributed by atoms with van der Waals surface area (Å²) < 4.78 is 0. The molecule has 0 radical (unpaired) electrons. The highest BCUT2D eigenvalue weighted by molar-refractivity contribution is 5.99. The molecule has 1 aliphatic carbocycles. The van der Waals surface area contributed by atoms with Crippen LogP contribution in [0, 0.1) is 10.8 Å². The van der Waals surface area contributed by atoms with Gasteiger partial charge in [0.15, 0.2) is 0 Å². The Balaban J connectivity index is 0.000000423. The molecule has 0 fully saturated rings. The Morgan fingerprint density at radius 2 is 1.67 bits per heavy atom. The van der Waals surface area contributed by atoms with Crippen LogP contribution in [0.2, 0.25) is 0 Å². The summed E-state index contributed by atoms with van der Waals surface area (Å²) in [6, 6.07) is 11.5. The van der Waals surface area contributed by atoms with Crippen LogP contribution in [-0.2, 0) is 16.0 Å². The average Bonchev–Trinajstić information content (AvgIpc) is 2.59. The second kappa shape index (κ2) is 9.36. The molecular weight excluding hydrogens is 300 g/mol. The van der Waals surface area contributed by atoms with Crippen LogP contribution in [0.15, 0.2) is 36.4 Å². The molecule has 1 unspecified atom stereocenters. The summed E-state index contributed by atoms with van der Waals surface area (Å²) in [6.07, 6.45) is 6.18. The molecular formula is C20H22N2O2. The zero-order valence-corrected chi connectivity index (χ0v) is 14.3. The number of hydrogen-bond acceptors (Lipinski definition) is 4. The van der Waals surface area contributed by atoms with Gasteiger partial charge in [0, 0.05) is 5.92 Å². The van der Waals surface area contributed by atoms with Crippen molar-refractivity contribution in [3.05, 3.63) is 53.1 Å². The SMILES string of the molecule is CCC1=CC(C)c2cccc3cc(CC)cc1c23.N=C=O.N=C=O. The van der Waals surface area contributed by atoms with Crippen molar-refractivity contribution in [3.63, 3.8) is 0 Å². The van der Waals surface area contributed by atoms with Gasteiger partial charge in [0.25, 0.3) is 0 Å². The summed E-state index contributed by atoms with van der Waals surface area (Å²) >= 11 is 0. The fraction of sp³-hybridized carbons (Fsp3) is 0.300. The fourth-order valence-electron chi connectivity index (χ4n) is 3.15. The van der Waals surface area contributed by atoms with E-state index in [4.69, 9.17) is 20.4 Å². The Morgan fingerprint density at radius 3 is 2.21 bits per heavy atom. The maximum absolute atomic E-state index is 8.35. The van der Waals surface area contributed by atoms with Gasteiger partial charge >= 0.3 is 0 Å². The third-order valence-corrected chi connectivity index (χ3v) is 4.15. The van der Waals surface area contributed by atoms with Crippen LogP contribution in [0.5, 0.6) is 0 Å². The van der Waals surface area contributed by atoms with E-state index in [0.717, 1.165) is 25.0 Å². The normalized spacial score (nSPS) is 14.1. The molecule has 0 aromatic heterocycles. The first kappa shape index (κ1) is 19.2. The molecule has 2 N–H and O–H groups in total. The molecule has 4 nitrogen and oxygen atoms in total. The van der Waals surface area contributed by atoms with Crippen molar-refractivity contribution in [2.75, 3.05) is 0 Å². The van der Waals surface area contributed by atoms with Gasteiger partial charge in [0.1, 0.15) is 0 Å². The maximum atomic E-state index is 8.35. The Bertz CT molecular complexity index is 798. The number of nitrogens with one attached hydrogen (secondary N) is 2. The van der Waals surface area contributed by atoms with Crippen LogP contribution in [0.25, 0.3) is 16.3 Å². The number of rotatable bonds is 2. The highest BCUT2D eigenvalue weighted by Crippen LogP contribution is 2.40. The van der Waals surface area contributed by atoms with E-state index in [-0.39, 0.29) is 0 Å². The molecule has 4 heteroatoms. The fourth-order valence-corrected chi connectivity index (χ4v) is 3.15. The monoisotopic (exact) mass is 322 g/mol.